The number of nitrogens with zero attached hydrogens (tertiary/aromatic N) is 2. The monoisotopic (exact) mass is 308 g/mol. The Bertz CT molecular complexity index is 643. The number of carbonyl (C=O) groups is 1. The Balaban J connectivity index is 2.12. The number of nitrogens with two attached hydrogens (primary N) is 2. The fourth-order valence-corrected chi connectivity index (χ4v) is 2.83. The molecule has 0 unspecified atom stereocenters. The molecule has 1 aromatic carbocycles. The summed E-state index contributed by atoms with van der Waals surface area (Å²) in [6, 6.07) is 6.69. The number of halogens is 1. The molecule has 0 fully saturated rings. The minimum Gasteiger partial charge on any atom is -0.384 e. The molecule has 7 heteroatoms. The van der Waals surface area contributed by atoms with Gasteiger partial charge in [-0.05, 0) is 24.6 Å². The molecule has 2 aromatic rings. The fourth-order valence-electron chi connectivity index (χ4n) is 1.59. The topological polar surface area (TPSA) is 94.9 Å². The van der Waals surface area contributed by atoms with Crippen LogP contribution in [0.3, 0.4) is 0 Å². The first-order valence-electron chi connectivity index (χ1n) is 5.78. The van der Waals surface area contributed by atoms with Crippen LogP contribution in [0.4, 0.5) is 5.82 Å². The highest BCUT2D eigenvalue weighted by molar-refractivity contribution is 7.98. The second kappa shape index (κ2) is 6.11. The minimum atomic E-state index is -0.499. The highest BCUT2D eigenvalue weighted by Crippen LogP contribution is 2.26. The van der Waals surface area contributed by atoms with E-state index < -0.39 is 5.91 Å². The van der Waals surface area contributed by atoms with Gasteiger partial charge in [0.1, 0.15) is 5.82 Å². The number of primary amides is 1. The molecule has 0 atom stereocenters. The summed E-state index contributed by atoms with van der Waals surface area (Å²) in [5.41, 5.74) is 12.9. The molecule has 0 saturated carbocycles. The molecule has 20 heavy (non-hydrogen) atoms. The van der Waals surface area contributed by atoms with Crippen molar-refractivity contribution in [3.05, 3.63) is 46.1 Å². The van der Waals surface area contributed by atoms with E-state index in [1.54, 1.807) is 24.3 Å². The Hall–Kier alpha value is -1.79. The van der Waals surface area contributed by atoms with Crippen LogP contribution in [0, 0.1) is 6.92 Å². The molecule has 4 N–H and O–H groups in total. The molecule has 0 aliphatic heterocycles. The van der Waals surface area contributed by atoms with Gasteiger partial charge in [0.25, 0.3) is 0 Å². The minimum absolute atomic E-state index is 0.389. The van der Waals surface area contributed by atoms with Crippen molar-refractivity contribution < 1.29 is 4.79 Å². The number of hydrogen-bond acceptors (Lipinski definition) is 5. The number of hydrogen-bond donors (Lipinski definition) is 2. The van der Waals surface area contributed by atoms with Crippen LogP contribution >= 0.6 is 23.4 Å². The average Bonchev–Trinajstić information content (AvgIpc) is 2.36. The van der Waals surface area contributed by atoms with Gasteiger partial charge in [0.2, 0.25) is 5.91 Å². The number of thioether (sulfide) groups is 1. The van der Waals surface area contributed by atoms with Gasteiger partial charge in [-0.15, -0.1) is 0 Å². The Morgan fingerprint density at radius 3 is 2.70 bits per heavy atom. The third-order valence-electron chi connectivity index (χ3n) is 2.55. The number of anilines is 1. The van der Waals surface area contributed by atoms with Crippen molar-refractivity contribution in [2.75, 3.05) is 5.73 Å². The van der Waals surface area contributed by atoms with E-state index in [0.717, 1.165) is 11.3 Å². The van der Waals surface area contributed by atoms with E-state index in [9.17, 15) is 4.79 Å². The Kier molecular flexibility index (Phi) is 4.46. The van der Waals surface area contributed by atoms with Crippen LogP contribution in [0.5, 0.6) is 0 Å². The summed E-state index contributed by atoms with van der Waals surface area (Å²) >= 11 is 7.54. The van der Waals surface area contributed by atoms with Gasteiger partial charge in [-0.25, -0.2) is 9.97 Å². The van der Waals surface area contributed by atoms with E-state index in [1.165, 1.54) is 11.8 Å². The predicted molar refractivity (Wildman–Crippen MR) is 80.7 cm³/mol. The lowest BCUT2D eigenvalue weighted by molar-refractivity contribution is 0.100. The lowest BCUT2D eigenvalue weighted by Gasteiger charge is -2.06. The maximum Gasteiger partial charge on any atom is 0.248 e. The number of benzene rings is 1. The van der Waals surface area contributed by atoms with Crippen molar-refractivity contribution in [2.24, 2.45) is 5.73 Å². The zero-order chi connectivity index (χ0) is 14.7. The quantitative estimate of drug-likeness (QED) is 0.668. The number of aromatic nitrogens is 2. The van der Waals surface area contributed by atoms with E-state index in [-0.39, 0.29) is 0 Å². The first kappa shape index (κ1) is 14.6. The van der Waals surface area contributed by atoms with Crippen molar-refractivity contribution >= 4 is 35.1 Å². The average molecular weight is 309 g/mol. The van der Waals surface area contributed by atoms with Crippen molar-refractivity contribution in [2.45, 2.75) is 17.8 Å². The summed E-state index contributed by atoms with van der Waals surface area (Å²) in [7, 11) is 0. The number of carbonyl (C=O) groups excluding carboxylic acids is 1. The van der Waals surface area contributed by atoms with Gasteiger partial charge in [-0.3, -0.25) is 4.79 Å². The molecule has 1 amide bonds. The molecule has 1 heterocycles. The zero-order valence-corrected chi connectivity index (χ0v) is 12.3. The van der Waals surface area contributed by atoms with E-state index >= 15 is 0 Å². The summed E-state index contributed by atoms with van der Waals surface area (Å²) in [5, 5.41) is 1.09. The summed E-state index contributed by atoms with van der Waals surface area (Å²) in [6.45, 7) is 1.86. The highest BCUT2D eigenvalue weighted by atomic mass is 35.5. The summed E-state index contributed by atoms with van der Waals surface area (Å²) < 4.78 is 0. The van der Waals surface area contributed by atoms with Gasteiger partial charge in [-0.2, -0.15) is 0 Å². The molecule has 0 bridgehead atoms. The zero-order valence-electron chi connectivity index (χ0n) is 10.8. The van der Waals surface area contributed by atoms with Crippen molar-refractivity contribution in [1.29, 1.82) is 0 Å². The standard InChI is InChI=1S/C13H13ClN4OS/c1-7-4-11(15)18-13(17-7)20-6-9-3-2-8(12(16)19)5-10(9)14/h2-5H,6H2,1H3,(H2,16,19)(H2,15,17,18). The van der Waals surface area contributed by atoms with Crippen molar-refractivity contribution in [3.63, 3.8) is 0 Å². The first-order chi connectivity index (χ1) is 9.45. The largest absolute Gasteiger partial charge is 0.384 e. The predicted octanol–water partition coefficient (Wildman–Crippen LogP) is 2.41. The van der Waals surface area contributed by atoms with Crippen LogP contribution in [0.15, 0.2) is 29.4 Å². The van der Waals surface area contributed by atoms with E-state index in [2.05, 4.69) is 9.97 Å². The van der Waals surface area contributed by atoms with Crippen LogP contribution in [-0.4, -0.2) is 15.9 Å². The number of nitrogen functional groups attached to an aromatic ring is 1. The summed E-state index contributed by atoms with van der Waals surface area (Å²) in [5.74, 6) is 0.525. The Morgan fingerprint density at radius 1 is 1.35 bits per heavy atom. The summed E-state index contributed by atoms with van der Waals surface area (Å²) in [6.07, 6.45) is 0. The van der Waals surface area contributed by atoms with E-state index in [0.29, 0.717) is 27.3 Å². The number of aryl methyl sites for hydroxylation is 1. The normalized spacial score (nSPS) is 10.5. The molecular formula is C13H13ClN4OS. The molecule has 0 saturated heterocycles. The van der Waals surface area contributed by atoms with Gasteiger partial charge in [0.05, 0.1) is 0 Å². The second-order valence-electron chi connectivity index (χ2n) is 4.18. The highest BCUT2D eigenvalue weighted by Gasteiger charge is 2.08. The molecule has 5 nitrogen and oxygen atoms in total. The Morgan fingerprint density at radius 2 is 2.10 bits per heavy atom. The number of amides is 1. The maximum absolute atomic E-state index is 11.0. The van der Waals surface area contributed by atoms with Gasteiger partial charge in [-0.1, -0.05) is 29.4 Å². The van der Waals surface area contributed by atoms with Gasteiger partial charge in [0.15, 0.2) is 5.16 Å². The smallest absolute Gasteiger partial charge is 0.248 e. The van der Waals surface area contributed by atoms with E-state index in [4.69, 9.17) is 23.1 Å². The molecule has 0 aliphatic carbocycles. The van der Waals surface area contributed by atoms with Gasteiger partial charge in [0, 0.05) is 28.1 Å². The van der Waals surface area contributed by atoms with Gasteiger partial charge >= 0.3 is 0 Å². The van der Waals surface area contributed by atoms with Gasteiger partial charge < -0.3 is 11.5 Å². The lowest BCUT2D eigenvalue weighted by atomic mass is 10.1. The van der Waals surface area contributed by atoms with Crippen molar-refractivity contribution in [3.8, 4) is 0 Å². The SMILES string of the molecule is Cc1cc(N)nc(SCc2ccc(C(N)=O)cc2Cl)n1. The van der Waals surface area contributed by atoms with Crippen LogP contribution < -0.4 is 11.5 Å². The molecule has 0 aliphatic rings. The third kappa shape index (κ3) is 3.61. The maximum atomic E-state index is 11.0. The van der Waals surface area contributed by atoms with Crippen LogP contribution in [0.25, 0.3) is 0 Å². The molecule has 2 rings (SSSR count). The second-order valence-corrected chi connectivity index (χ2v) is 5.53. The van der Waals surface area contributed by atoms with E-state index in [1.807, 2.05) is 6.92 Å². The molecule has 104 valence electrons. The number of rotatable bonds is 4. The molecule has 1 aromatic heterocycles. The lowest BCUT2D eigenvalue weighted by Crippen LogP contribution is -2.10. The summed E-state index contributed by atoms with van der Waals surface area (Å²) in [4.78, 5) is 19.5. The molecular weight excluding hydrogens is 296 g/mol. The van der Waals surface area contributed by atoms with Crippen LogP contribution in [0.1, 0.15) is 21.6 Å². The van der Waals surface area contributed by atoms with Crippen molar-refractivity contribution in [1.82, 2.24) is 9.97 Å². The fraction of sp³-hybridized carbons (Fsp3) is 0.154. The van der Waals surface area contributed by atoms with Crippen LogP contribution in [0.2, 0.25) is 5.02 Å². The first-order valence-corrected chi connectivity index (χ1v) is 7.14. The molecule has 0 radical (unpaired) electrons. The Labute approximate surface area is 125 Å². The molecule has 0 spiro atoms. The van der Waals surface area contributed by atoms with Crippen LogP contribution in [-0.2, 0) is 5.75 Å². The third-order valence-corrected chi connectivity index (χ3v) is 3.80.